The number of aliphatic hydroxyl groups is 1. The highest BCUT2D eigenvalue weighted by atomic mass is 16.5. The lowest BCUT2D eigenvalue weighted by atomic mass is 9.89. The Bertz CT molecular complexity index is 726. The number of nitrogens with one attached hydrogen (secondary N) is 2. The molecule has 0 aliphatic carbocycles. The SMILES string of the molecule is C=CCNCC/C=C\CN(CC)CCNCCCC1COc2cc(OC)c(OC)cc2C1O. The largest absolute Gasteiger partial charge is 0.493 e. The maximum atomic E-state index is 10.9. The second-order valence-corrected chi connectivity index (χ2v) is 8.30. The van der Waals surface area contributed by atoms with Crippen molar-refractivity contribution in [1.29, 1.82) is 0 Å². The van der Waals surface area contributed by atoms with Gasteiger partial charge in [-0.3, -0.25) is 4.90 Å². The molecule has 0 aromatic heterocycles. The van der Waals surface area contributed by atoms with Gasteiger partial charge in [0, 0.05) is 43.7 Å². The zero-order valence-electron chi connectivity index (χ0n) is 20.6. The molecule has 0 amide bonds. The van der Waals surface area contributed by atoms with Crippen molar-refractivity contribution in [3.63, 3.8) is 0 Å². The van der Waals surface area contributed by atoms with Gasteiger partial charge in [0.1, 0.15) is 5.75 Å². The summed E-state index contributed by atoms with van der Waals surface area (Å²) in [6, 6.07) is 3.62. The van der Waals surface area contributed by atoms with Gasteiger partial charge in [-0.1, -0.05) is 25.2 Å². The highest BCUT2D eigenvalue weighted by Crippen LogP contribution is 2.43. The number of hydrogen-bond acceptors (Lipinski definition) is 7. The summed E-state index contributed by atoms with van der Waals surface area (Å²) in [4.78, 5) is 2.43. The highest BCUT2D eigenvalue weighted by molar-refractivity contribution is 5.52. The first kappa shape index (κ1) is 27.2. The standard InChI is InChI=1S/C26H43N3O4/c1-5-12-27-13-8-7-9-16-29(6-2)17-15-28-14-10-11-21-20-33-23-19-25(32-4)24(31-3)18-22(23)26(21)30/h5,7,9,18-19,21,26-28,30H,1,6,8,10-17,20H2,2-4H3/b9-7-. The second-order valence-electron chi connectivity index (χ2n) is 8.30. The Labute approximate surface area is 199 Å². The molecule has 1 aliphatic rings. The molecular formula is C26H43N3O4. The molecule has 2 unspecified atom stereocenters. The number of rotatable bonds is 17. The first-order chi connectivity index (χ1) is 16.1. The van der Waals surface area contributed by atoms with Gasteiger partial charge in [-0.15, -0.1) is 6.58 Å². The zero-order valence-corrected chi connectivity index (χ0v) is 20.6. The van der Waals surface area contributed by atoms with Crippen molar-refractivity contribution in [2.45, 2.75) is 32.3 Å². The molecule has 7 heteroatoms. The molecule has 1 heterocycles. The van der Waals surface area contributed by atoms with Crippen LogP contribution in [0.15, 0.2) is 36.9 Å². The molecule has 0 fully saturated rings. The third-order valence-electron chi connectivity index (χ3n) is 6.02. The molecule has 3 N–H and O–H groups in total. The Balaban J connectivity index is 1.64. The third kappa shape index (κ3) is 9.01. The molecule has 0 saturated heterocycles. The van der Waals surface area contributed by atoms with Crippen molar-refractivity contribution in [1.82, 2.24) is 15.5 Å². The molecular weight excluding hydrogens is 418 g/mol. The normalized spacial score (nSPS) is 17.7. The first-order valence-corrected chi connectivity index (χ1v) is 12.1. The maximum Gasteiger partial charge on any atom is 0.164 e. The van der Waals surface area contributed by atoms with Gasteiger partial charge in [-0.25, -0.2) is 0 Å². The quantitative estimate of drug-likeness (QED) is 0.243. The van der Waals surface area contributed by atoms with Gasteiger partial charge in [-0.2, -0.15) is 0 Å². The summed E-state index contributed by atoms with van der Waals surface area (Å²) in [5, 5.41) is 17.7. The summed E-state index contributed by atoms with van der Waals surface area (Å²) < 4.78 is 16.6. The summed E-state index contributed by atoms with van der Waals surface area (Å²) in [5.74, 6) is 1.98. The van der Waals surface area contributed by atoms with Crippen molar-refractivity contribution < 1.29 is 19.3 Å². The van der Waals surface area contributed by atoms with E-state index in [9.17, 15) is 5.11 Å². The van der Waals surface area contributed by atoms with Crippen molar-refractivity contribution in [3.05, 3.63) is 42.5 Å². The number of fused-ring (bicyclic) bond motifs is 1. The van der Waals surface area contributed by atoms with E-state index in [-0.39, 0.29) is 5.92 Å². The molecule has 33 heavy (non-hydrogen) atoms. The van der Waals surface area contributed by atoms with Gasteiger partial charge >= 0.3 is 0 Å². The van der Waals surface area contributed by atoms with Crippen LogP contribution in [0.4, 0.5) is 0 Å². The Morgan fingerprint density at radius 1 is 1.15 bits per heavy atom. The number of aliphatic hydroxyl groups excluding tert-OH is 1. The Kier molecular flexibility index (Phi) is 13.0. The lowest BCUT2D eigenvalue weighted by molar-refractivity contribution is 0.0446. The fourth-order valence-electron chi connectivity index (χ4n) is 3.98. The van der Waals surface area contributed by atoms with Crippen LogP contribution in [0.1, 0.15) is 37.9 Å². The number of likely N-dealkylation sites (N-methyl/N-ethyl adjacent to an activating group) is 1. The molecule has 1 aliphatic heterocycles. The van der Waals surface area contributed by atoms with E-state index in [1.807, 2.05) is 12.1 Å². The van der Waals surface area contributed by atoms with Crippen LogP contribution < -0.4 is 24.8 Å². The average Bonchev–Trinajstić information content (AvgIpc) is 2.84. The summed E-state index contributed by atoms with van der Waals surface area (Å²) in [7, 11) is 3.20. The second kappa shape index (κ2) is 15.7. The topological polar surface area (TPSA) is 75.2 Å². The molecule has 1 aromatic rings. The van der Waals surface area contributed by atoms with Crippen molar-refractivity contribution in [3.8, 4) is 17.2 Å². The minimum atomic E-state index is -0.553. The van der Waals surface area contributed by atoms with Crippen LogP contribution in [0.3, 0.4) is 0 Å². The van der Waals surface area contributed by atoms with E-state index in [1.54, 1.807) is 20.3 Å². The van der Waals surface area contributed by atoms with Gasteiger partial charge in [0.2, 0.25) is 0 Å². The molecule has 186 valence electrons. The van der Waals surface area contributed by atoms with Gasteiger partial charge in [0.25, 0.3) is 0 Å². The molecule has 7 nitrogen and oxygen atoms in total. The fourth-order valence-corrected chi connectivity index (χ4v) is 3.98. The Hall–Kier alpha value is -2.06. The number of nitrogens with zero attached hydrogens (tertiary/aromatic N) is 1. The number of benzene rings is 1. The van der Waals surface area contributed by atoms with Gasteiger partial charge in [0.05, 0.1) is 26.9 Å². The molecule has 0 spiro atoms. The van der Waals surface area contributed by atoms with E-state index < -0.39 is 6.10 Å². The smallest absolute Gasteiger partial charge is 0.164 e. The monoisotopic (exact) mass is 461 g/mol. The molecule has 0 radical (unpaired) electrons. The number of hydrogen-bond donors (Lipinski definition) is 3. The van der Waals surface area contributed by atoms with Crippen molar-refractivity contribution in [2.24, 2.45) is 5.92 Å². The van der Waals surface area contributed by atoms with Crippen molar-refractivity contribution >= 4 is 0 Å². The Morgan fingerprint density at radius 2 is 1.94 bits per heavy atom. The third-order valence-corrected chi connectivity index (χ3v) is 6.02. The minimum absolute atomic E-state index is 0.0793. The lowest BCUT2D eigenvalue weighted by Gasteiger charge is -2.31. The van der Waals surface area contributed by atoms with Crippen LogP contribution in [0, 0.1) is 5.92 Å². The maximum absolute atomic E-state index is 10.9. The predicted octanol–water partition coefficient (Wildman–Crippen LogP) is 3.16. The van der Waals surface area contributed by atoms with E-state index in [2.05, 4.69) is 41.2 Å². The molecule has 1 aromatic carbocycles. The van der Waals surface area contributed by atoms with Crippen LogP contribution in [0.2, 0.25) is 0 Å². The van der Waals surface area contributed by atoms with Crippen LogP contribution in [-0.4, -0.2) is 76.6 Å². The van der Waals surface area contributed by atoms with Crippen LogP contribution in [-0.2, 0) is 0 Å². The van der Waals surface area contributed by atoms with E-state index in [4.69, 9.17) is 14.2 Å². The van der Waals surface area contributed by atoms with E-state index >= 15 is 0 Å². The molecule has 2 rings (SSSR count). The van der Waals surface area contributed by atoms with Gasteiger partial charge < -0.3 is 30.0 Å². The van der Waals surface area contributed by atoms with E-state index in [0.29, 0.717) is 23.9 Å². The summed E-state index contributed by atoms with van der Waals surface area (Å²) in [6.07, 6.45) is 8.78. The number of methoxy groups -OCH3 is 2. The van der Waals surface area contributed by atoms with E-state index in [0.717, 1.165) is 70.6 Å². The summed E-state index contributed by atoms with van der Waals surface area (Å²) in [5.41, 5.74) is 0.778. The van der Waals surface area contributed by atoms with Crippen molar-refractivity contribution in [2.75, 3.05) is 66.6 Å². The van der Waals surface area contributed by atoms with Gasteiger partial charge in [-0.05, 0) is 45.0 Å². The van der Waals surface area contributed by atoms with Gasteiger partial charge in [0.15, 0.2) is 11.5 Å². The predicted molar refractivity (Wildman–Crippen MR) is 135 cm³/mol. The number of ether oxygens (including phenoxy) is 3. The fraction of sp³-hybridized carbons (Fsp3) is 0.615. The highest BCUT2D eigenvalue weighted by Gasteiger charge is 2.30. The summed E-state index contributed by atoms with van der Waals surface area (Å²) in [6.45, 7) is 13.2. The minimum Gasteiger partial charge on any atom is -0.493 e. The summed E-state index contributed by atoms with van der Waals surface area (Å²) >= 11 is 0. The zero-order chi connectivity index (χ0) is 23.9. The van der Waals surface area contributed by atoms with Crippen LogP contribution >= 0.6 is 0 Å². The molecule has 0 saturated carbocycles. The van der Waals surface area contributed by atoms with Crippen LogP contribution in [0.5, 0.6) is 17.2 Å². The Morgan fingerprint density at radius 3 is 2.67 bits per heavy atom. The van der Waals surface area contributed by atoms with E-state index in [1.165, 1.54) is 0 Å². The molecule has 2 atom stereocenters. The lowest BCUT2D eigenvalue weighted by Crippen LogP contribution is -2.33. The van der Waals surface area contributed by atoms with Crippen LogP contribution in [0.25, 0.3) is 0 Å². The first-order valence-electron chi connectivity index (χ1n) is 12.1. The average molecular weight is 462 g/mol. The molecule has 0 bridgehead atoms.